The highest BCUT2D eigenvalue weighted by Gasteiger charge is 2.19. The van der Waals surface area contributed by atoms with Gasteiger partial charge in [0.1, 0.15) is 5.56 Å². The largest absolute Gasteiger partial charge is 0.477 e. The van der Waals surface area contributed by atoms with Gasteiger partial charge < -0.3 is 15.5 Å². The third kappa shape index (κ3) is 4.51. The number of nitrogens with one attached hydrogen (secondary N) is 1. The second-order valence-corrected chi connectivity index (χ2v) is 4.65. The number of nitro groups is 1. The molecule has 0 amide bonds. The van der Waals surface area contributed by atoms with Crippen molar-refractivity contribution in [1.82, 2.24) is 0 Å². The number of aliphatic hydroxyl groups is 1. The summed E-state index contributed by atoms with van der Waals surface area (Å²) in [6.45, 7) is 2.69. The van der Waals surface area contributed by atoms with Crippen LogP contribution in [0.5, 0.6) is 0 Å². The highest BCUT2D eigenvalue weighted by molar-refractivity contribution is 5.93. The van der Waals surface area contributed by atoms with Crippen LogP contribution in [-0.4, -0.2) is 34.3 Å². The number of hydrogen-bond donors (Lipinski definition) is 3. The van der Waals surface area contributed by atoms with Crippen molar-refractivity contribution in [2.24, 2.45) is 5.92 Å². The van der Waals surface area contributed by atoms with E-state index in [-0.39, 0.29) is 18.1 Å². The SMILES string of the molecule is CC(CO)CCCNc1ccc([N+](=O)[O-])c(C(=O)O)c1. The summed E-state index contributed by atoms with van der Waals surface area (Å²) in [6, 6.07) is 3.93. The number of carboxylic acids is 1. The van der Waals surface area contributed by atoms with Crippen LogP contribution in [0.15, 0.2) is 18.2 Å². The minimum atomic E-state index is -1.32. The summed E-state index contributed by atoms with van der Waals surface area (Å²) in [7, 11) is 0. The first-order valence-electron chi connectivity index (χ1n) is 6.32. The first kappa shape index (κ1) is 15.9. The molecule has 7 nitrogen and oxygen atoms in total. The van der Waals surface area contributed by atoms with Crippen LogP contribution >= 0.6 is 0 Å². The number of nitrogens with zero attached hydrogens (tertiary/aromatic N) is 1. The van der Waals surface area contributed by atoms with Crippen molar-refractivity contribution in [2.45, 2.75) is 19.8 Å². The standard InChI is InChI=1S/C13H18N2O5/c1-9(8-16)3-2-6-14-10-4-5-12(15(19)20)11(7-10)13(17)18/h4-5,7,9,14,16H,2-3,6,8H2,1H3,(H,17,18). The monoisotopic (exact) mass is 282 g/mol. The Labute approximate surface area is 116 Å². The highest BCUT2D eigenvalue weighted by Crippen LogP contribution is 2.22. The summed E-state index contributed by atoms with van der Waals surface area (Å²) >= 11 is 0. The molecule has 0 saturated carbocycles. The zero-order valence-electron chi connectivity index (χ0n) is 11.2. The summed E-state index contributed by atoms with van der Waals surface area (Å²) in [5.74, 6) is -1.10. The molecule has 0 aliphatic heterocycles. The van der Waals surface area contributed by atoms with Gasteiger partial charge in [0, 0.05) is 24.9 Å². The Balaban J connectivity index is 2.66. The molecule has 0 fully saturated rings. The van der Waals surface area contributed by atoms with E-state index in [0.717, 1.165) is 12.8 Å². The molecule has 0 heterocycles. The molecule has 110 valence electrons. The lowest BCUT2D eigenvalue weighted by Gasteiger charge is -2.10. The molecule has 0 aliphatic carbocycles. The Morgan fingerprint density at radius 3 is 2.75 bits per heavy atom. The van der Waals surface area contributed by atoms with Crippen molar-refractivity contribution in [3.05, 3.63) is 33.9 Å². The summed E-state index contributed by atoms with van der Waals surface area (Å²) in [5.41, 5.74) is -0.217. The Hall–Kier alpha value is -2.15. The lowest BCUT2D eigenvalue weighted by atomic mass is 10.1. The number of aromatic carboxylic acids is 1. The van der Waals surface area contributed by atoms with Crippen LogP contribution in [0.2, 0.25) is 0 Å². The van der Waals surface area contributed by atoms with E-state index in [4.69, 9.17) is 10.2 Å². The van der Waals surface area contributed by atoms with Gasteiger partial charge in [-0.1, -0.05) is 6.92 Å². The lowest BCUT2D eigenvalue weighted by molar-refractivity contribution is -0.385. The third-order valence-corrected chi connectivity index (χ3v) is 2.94. The third-order valence-electron chi connectivity index (χ3n) is 2.94. The van der Waals surface area contributed by atoms with Crippen LogP contribution < -0.4 is 5.32 Å². The molecule has 20 heavy (non-hydrogen) atoms. The zero-order chi connectivity index (χ0) is 15.1. The van der Waals surface area contributed by atoms with Crippen molar-refractivity contribution in [2.75, 3.05) is 18.5 Å². The quantitative estimate of drug-likeness (QED) is 0.382. The predicted molar refractivity (Wildman–Crippen MR) is 74.0 cm³/mol. The van der Waals surface area contributed by atoms with Gasteiger partial charge >= 0.3 is 5.97 Å². The average molecular weight is 282 g/mol. The van der Waals surface area contributed by atoms with E-state index in [1.54, 1.807) is 0 Å². The van der Waals surface area contributed by atoms with Crippen molar-refractivity contribution >= 4 is 17.3 Å². The Kier molecular flexibility index (Phi) is 5.92. The summed E-state index contributed by atoms with van der Waals surface area (Å²) in [5, 5.41) is 31.6. The number of nitro benzene ring substituents is 1. The second kappa shape index (κ2) is 7.44. The molecular formula is C13H18N2O5. The maximum Gasteiger partial charge on any atom is 0.342 e. The van der Waals surface area contributed by atoms with Crippen LogP contribution in [0, 0.1) is 16.0 Å². The van der Waals surface area contributed by atoms with E-state index < -0.39 is 16.6 Å². The minimum Gasteiger partial charge on any atom is -0.477 e. The van der Waals surface area contributed by atoms with Crippen molar-refractivity contribution in [3.8, 4) is 0 Å². The number of carbonyl (C=O) groups is 1. The van der Waals surface area contributed by atoms with E-state index in [0.29, 0.717) is 12.2 Å². The molecule has 0 radical (unpaired) electrons. The van der Waals surface area contributed by atoms with Gasteiger partial charge in [0.05, 0.1) is 4.92 Å². The number of hydrogen-bond acceptors (Lipinski definition) is 5. The topological polar surface area (TPSA) is 113 Å². The fraction of sp³-hybridized carbons (Fsp3) is 0.462. The maximum absolute atomic E-state index is 11.0. The molecule has 1 aromatic carbocycles. The molecule has 0 spiro atoms. The molecular weight excluding hydrogens is 264 g/mol. The van der Waals surface area contributed by atoms with Crippen LogP contribution in [-0.2, 0) is 0 Å². The maximum atomic E-state index is 11.0. The van der Waals surface area contributed by atoms with Crippen molar-refractivity contribution < 1.29 is 19.9 Å². The number of anilines is 1. The van der Waals surface area contributed by atoms with E-state index in [1.165, 1.54) is 18.2 Å². The van der Waals surface area contributed by atoms with Gasteiger partial charge in [-0.05, 0) is 30.9 Å². The normalized spacial score (nSPS) is 11.9. The van der Waals surface area contributed by atoms with E-state index in [1.807, 2.05) is 6.92 Å². The van der Waals surface area contributed by atoms with E-state index >= 15 is 0 Å². The molecule has 1 atom stereocenters. The molecule has 3 N–H and O–H groups in total. The molecule has 1 rings (SSSR count). The van der Waals surface area contributed by atoms with Crippen LogP contribution in [0.3, 0.4) is 0 Å². The molecule has 0 saturated heterocycles. The number of rotatable bonds is 8. The van der Waals surface area contributed by atoms with E-state index in [9.17, 15) is 14.9 Å². The van der Waals surface area contributed by atoms with Crippen molar-refractivity contribution in [1.29, 1.82) is 0 Å². The lowest BCUT2D eigenvalue weighted by Crippen LogP contribution is -2.08. The highest BCUT2D eigenvalue weighted by atomic mass is 16.6. The zero-order valence-corrected chi connectivity index (χ0v) is 11.2. The molecule has 1 unspecified atom stereocenters. The number of carboxylic acid groups (broad SMARTS) is 1. The van der Waals surface area contributed by atoms with Crippen molar-refractivity contribution in [3.63, 3.8) is 0 Å². The van der Waals surface area contributed by atoms with Gasteiger partial charge in [-0.15, -0.1) is 0 Å². The molecule has 0 bridgehead atoms. The first-order chi connectivity index (χ1) is 9.45. The summed E-state index contributed by atoms with van der Waals surface area (Å²) < 4.78 is 0. The van der Waals surface area contributed by atoms with Gasteiger partial charge in [0.15, 0.2) is 0 Å². The Bertz CT molecular complexity index is 490. The van der Waals surface area contributed by atoms with Gasteiger partial charge in [-0.3, -0.25) is 10.1 Å². The first-order valence-corrected chi connectivity index (χ1v) is 6.32. The number of aliphatic hydroxyl groups excluding tert-OH is 1. The smallest absolute Gasteiger partial charge is 0.342 e. The van der Waals surface area contributed by atoms with Crippen LogP contribution in [0.1, 0.15) is 30.1 Å². The predicted octanol–water partition coefficient (Wildman–Crippen LogP) is 2.11. The average Bonchev–Trinajstić information content (AvgIpc) is 2.42. The number of benzene rings is 1. The van der Waals surface area contributed by atoms with Crippen LogP contribution in [0.25, 0.3) is 0 Å². The van der Waals surface area contributed by atoms with Gasteiger partial charge in [-0.25, -0.2) is 4.79 Å². The Morgan fingerprint density at radius 1 is 1.50 bits per heavy atom. The Morgan fingerprint density at radius 2 is 2.20 bits per heavy atom. The summed E-state index contributed by atoms with van der Waals surface area (Å²) in [4.78, 5) is 21.0. The minimum absolute atomic E-state index is 0.140. The fourth-order valence-electron chi connectivity index (χ4n) is 1.75. The van der Waals surface area contributed by atoms with Crippen LogP contribution in [0.4, 0.5) is 11.4 Å². The fourth-order valence-corrected chi connectivity index (χ4v) is 1.75. The molecule has 1 aromatic rings. The second-order valence-electron chi connectivity index (χ2n) is 4.65. The molecule has 0 aromatic heterocycles. The molecule has 7 heteroatoms. The molecule has 0 aliphatic rings. The van der Waals surface area contributed by atoms with Gasteiger partial charge in [0.25, 0.3) is 5.69 Å². The summed E-state index contributed by atoms with van der Waals surface area (Å²) in [6.07, 6.45) is 1.67. The van der Waals surface area contributed by atoms with E-state index in [2.05, 4.69) is 5.32 Å². The van der Waals surface area contributed by atoms with Gasteiger partial charge in [0.2, 0.25) is 0 Å². The van der Waals surface area contributed by atoms with Gasteiger partial charge in [-0.2, -0.15) is 0 Å².